The summed E-state index contributed by atoms with van der Waals surface area (Å²) in [6, 6.07) is 5.41. The number of halogens is 3. The number of rotatable bonds is 3. The number of hydrogen-bond acceptors (Lipinski definition) is 3. The number of carbonyl (C=O) groups is 1. The molecule has 0 bridgehead atoms. The van der Waals surface area contributed by atoms with E-state index in [0.29, 0.717) is 5.56 Å². The van der Waals surface area contributed by atoms with Gasteiger partial charge in [-0.2, -0.15) is 13.2 Å². The van der Waals surface area contributed by atoms with Gasteiger partial charge >= 0.3 is 12.1 Å². The van der Waals surface area contributed by atoms with E-state index in [1.807, 2.05) is 0 Å². The van der Waals surface area contributed by atoms with Gasteiger partial charge in [-0.15, -0.1) is 0 Å². The molecule has 7 heteroatoms. The summed E-state index contributed by atoms with van der Waals surface area (Å²) in [4.78, 5) is 10.5. The van der Waals surface area contributed by atoms with Crippen LogP contribution in [0.5, 0.6) is 0 Å². The van der Waals surface area contributed by atoms with Gasteiger partial charge in [-0.3, -0.25) is 4.79 Å². The van der Waals surface area contributed by atoms with Crippen LogP contribution in [0.3, 0.4) is 0 Å². The van der Waals surface area contributed by atoms with E-state index in [9.17, 15) is 18.0 Å². The summed E-state index contributed by atoms with van der Waals surface area (Å²) in [7, 11) is 0. The van der Waals surface area contributed by atoms with Crippen molar-refractivity contribution < 1.29 is 23.1 Å². The SMILES string of the molecule is O=C(O)Cc1cccc(C2(C(F)(F)F)NN2)c1. The lowest BCUT2D eigenvalue weighted by atomic mass is 10.00. The molecule has 1 aliphatic heterocycles. The molecule has 3 N–H and O–H groups in total. The molecule has 1 heterocycles. The predicted molar refractivity (Wildman–Crippen MR) is 51.8 cm³/mol. The molecule has 1 aromatic carbocycles. The normalized spacial score (nSPS) is 17.8. The Morgan fingerprint density at radius 3 is 2.47 bits per heavy atom. The van der Waals surface area contributed by atoms with Crippen molar-refractivity contribution in [2.45, 2.75) is 18.3 Å². The Labute approximate surface area is 94.4 Å². The molecule has 1 fully saturated rings. The maximum Gasteiger partial charge on any atom is 0.426 e. The molecule has 1 aliphatic rings. The fourth-order valence-electron chi connectivity index (χ4n) is 1.60. The molecule has 0 saturated carbocycles. The van der Waals surface area contributed by atoms with Gasteiger partial charge < -0.3 is 5.11 Å². The maximum atomic E-state index is 12.7. The van der Waals surface area contributed by atoms with Crippen LogP contribution in [-0.2, 0) is 16.9 Å². The zero-order valence-corrected chi connectivity index (χ0v) is 8.51. The monoisotopic (exact) mass is 246 g/mol. The second kappa shape index (κ2) is 3.71. The molecule has 2 rings (SSSR count). The van der Waals surface area contributed by atoms with Crippen molar-refractivity contribution in [3.8, 4) is 0 Å². The lowest BCUT2D eigenvalue weighted by Gasteiger charge is -2.16. The van der Waals surface area contributed by atoms with E-state index in [2.05, 4.69) is 10.9 Å². The van der Waals surface area contributed by atoms with Gasteiger partial charge in [0.05, 0.1) is 6.42 Å². The lowest BCUT2D eigenvalue weighted by molar-refractivity contribution is -0.165. The average molecular weight is 246 g/mol. The van der Waals surface area contributed by atoms with Crippen molar-refractivity contribution in [2.75, 3.05) is 0 Å². The second-order valence-corrected chi connectivity index (χ2v) is 3.77. The molecule has 0 aliphatic carbocycles. The Kier molecular flexibility index (Phi) is 2.59. The molecule has 0 aromatic heterocycles. The summed E-state index contributed by atoms with van der Waals surface area (Å²) in [6.07, 6.45) is -4.78. The Balaban J connectivity index is 2.31. The molecule has 17 heavy (non-hydrogen) atoms. The smallest absolute Gasteiger partial charge is 0.426 e. The minimum absolute atomic E-state index is 0.0382. The van der Waals surface area contributed by atoms with E-state index < -0.39 is 17.8 Å². The first-order chi connectivity index (χ1) is 7.85. The summed E-state index contributed by atoms with van der Waals surface area (Å²) >= 11 is 0. The van der Waals surface area contributed by atoms with E-state index in [1.54, 1.807) is 0 Å². The van der Waals surface area contributed by atoms with Crippen LogP contribution in [0.4, 0.5) is 13.2 Å². The number of aliphatic carboxylic acids is 1. The van der Waals surface area contributed by atoms with Crippen molar-refractivity contribution in [3.63, 3.8) is 0 Å². The maximum absolute atomic E-state index is 12.7. The molecular weight excluding hydrogens is 237 g/mol. The van der Waals surface area contributed by atoms with Gasteiger partial charge in [-0.1, -0.05) is 24.3 Å². The highest BCUT2D eigenvalue weighted by molar-refractivity contribution is 5.70. The quantitative estimate of drug-likeness (QED) is 0.698. The van der Waals surface area contributed by atoms with E-state index in [0.717, 1.165) is 0 Å². The third-order valence-corrected chi connectivity index (χ3v) is 2.52. The Bertz CT molecular complexity index is 455. The van der Waals surface area contributed by atoms with Gasteiger partial charge in [0, 0.05) is 0 Å². The Hall–Kier alpha value is -1.60. The highest BCUT2D eigenvalue weighted by Gasteiger charge is 2.65. The fourth-order valence-corrected chi connectivity index (χ4v) is 1.60. The summed E-state index contributed by atoms with van der Waals surface area (Å²) in [5.74, 6) is -1.08. The first-order valence-corrected chi connectivity index (χ1v) is 4.77. The van der Waals surface area contributed by atoms with Gasteiger partial charge in [0.15, 0.2) is 0 Å². The van der Waals surface area contributed by atoms with Crippen molar-refractivity contribution in [1.29, 1.82) is 0 Å². The highest BCUT2D eigenvalue weighted by Crippen LogP contribution is 2.42. The standard InChI is InChI=1S/C10H9F3N2O2/c11-10(12,13)9(14-15-9)7-3-1-2-6(4-7)5-8(16)17/h1-4,14-15H,5H2,(H,16,17). The minimum atomic E-state index is -4.48. The number of alkyl halides is 3. The van der Waals surface area contributed by atoms with Crippen LogP contribution in [-0.4, -0.2) is 17.3 Å². The van der Waals surface area contributed by atoms with Crippen LogP contribution in [0, 0.1) is 0 Å². The number of nitrogens with one attached hydrogen (secondary N) is 2. The molecule has 0 spiro atoms. The third kappa shape index (κ3) is 2.11. The number of carboxylic acids is 1. The van der Waals surface area contributed by atoms with Gasteiger partial charge in [0.25, 0.3) is 0 Å². The molecular formula is C10H9F3N2O2. The van der Waals surface area contributed by atoms with E-state index in [4.69, 9.17) is 5.11 Å². The topological polar surface area (TPSA) is 81.2 Å². The number of carboxylic acid groups (broad SMARTS) is 1. The highest BCUT2D eigenvalue weighted by atomic mass is 19.4. The lowest BCUT2D eigenvalue weighted by Crippen LogP contribution is -2.34. The van der Waals surface area contributed by atoms with Crippen LogP contribution in [0.2, 0.25) is 0 Å². The van der Waals surface area contributed by atoms with Crippen molar-refractivity contribution in [2.24, 2.45) is 0 Å². The van der Waals surface area contributed by atoms with E-state index in [1.165, 1.54) is 24.3 Å². The molecule has 4 nitrogen and oxygen atoms in total. The van der Waals surface area contributed by atoms with Gasteiger partial charge in [0.1, 0.15) is 0 Å². The molecule has 0 unspecified atom stereocenters. The largest absolute Gasteiger partial charge is 0.481 e. The van der Waals surface area contributed by atoms with E-state index in [-0.39, 0.29) is 12.0 Å². The van der Waals surface area contributed by atoms with Crippen molar-refractivity contribution in [1.82, 2.24) is 10.9 Å². The zero-order chi connectivity index (χ0) is 12.7. The summed E-state index contributed by atoms with van der Waals surface area (Å²) < 4.78 is 38.2. The first-order valence-electron chi connectivity index (χ1n) is 4.77. The van der Waals surface area contributed by atoms with Crippen LogP contribution >= 0.6 is 0 Å². The van der Waals surface area contributed by atoms with Crippen molar-refractivity contribution >= 4 is 5.97 Å². The van der Waals surface area contributed by atoms with Crippen LogP contribution < -0.4 is 10.9 Å². The van der Waals surface area contributed by atoms with Gasteiger partial charge in [0.2, 0.25) is 5.66 Å². The Morgan fingerprint density at radius 2 is 2.00 bits per heavy atom. The zero-order valence-electron chi connectivity index (χ0n) is 8.51. The minimum Gasteiger partial charge on any atom is -0.481 e. The number of hydrogen-bond donors (Lipinski definition) is 3. The molecule has 1 saturated heterocycles. The van der Waals surface area contributed by atoms with E-state index >= 15 is 0 Å². The summed E-state index contributed by atoms with van der Waals surface area (Å²) in [6.45, 7) is 0. The van der Waals surface area contributed by atoms with Gasteiger partial charge in [-0.25, -0.2) is 10.9 Å². The molecule has 0 radical (unpaired) electrons. The molecule has 0 atom stereocenters. The first kappa shape index (κ1) is 11.9. The van der Waals surface area contributed by atoms with Gasteiger partial charge in [-0.05, 0) is 11.1 Å². The molecule has 1 aromatic rings. The summed E-state index contributed by atoms with van der Waals surface area (Å²) in [5.41, 5.74) is 2.18. The summed E-state index contributed by atoms with van der Waals surface area (Å²) in [5, 5.41) is 8.58. The number of benzene rings is 1. The molecule has 0 amide bonds. The average Bonchev–Trinajstić information content (AvgIpc) is 2.96. The van der Waals surface area contributed by atoms with Crippen LogP contribution in [0.1, 0.15) is 11.1 Å². The third-order valence-electron chi connectivity index (χ3n) is 2.52. The van der Waals surface area contributed by atoms with Crippen LogP contribution in [0.25, 0.3) is 0 Å². The number of hydrazine groups is 1. The van der Waals surface area contributed by atoms with Crippen LogP contribution in [0.15, 0.2) is 24.3 Å². The van der Waals surface area contributed by atoms with Crippen molar-refractivity contribution in [3.05, 3.63) is 35.4 Å². The molecule has 92 valence electrons. The Morgan fingerprint density at radius 1 is 1.35 bits per heavy atom. The second-order valence-electron chi connectivity index (χ2n) is 3.77. The fraction of sp³-hybridized carbons (Fsp3) is 0.300. The predicted octanol–water partition coefficient (Wildman–Crippen LogP) is 1.14.